The van der Waals surface area contributed by atoms with Gasteiger partial charge in [0, 0.05) is 17.3 Å². The van der Waals surface area contributed by atoms with E-state index in [1.807, 2.05) is 0 Å². The summed E-state index contributed by atoms with van der Waals surface area (Å²) in [5, 5.41) is 8.57. The molecule has 0 fully saturated rings. The Morgan fingerprint density at radius 1 is 1.15 bits per heavy atom. The van der Waals surface area contributed by atoms with Crippen molar-refractivity contribution in [2.45, 2.75) is 20.0 Å². The first-order chi connectivity index (χ1) is 9.54. The van der Waals surface area contributed by atoms with E-state index < -0.39 is 37.0 Å². The third-order valence-electron chi connectivity index (χ3n) is 3.09. The van der Waals surface area contributed by atoms with Crippen molar-refractivity contribution in [2.75, 3.05) is 0 Å². The Hall–Kier alpha value is -2.31. The molecule has 0 bridgehead atoms. The van der Waals surface area contributed by atoms with Gasteiger partial charge < -0.3 is 10.1 Å². The van der Waals surface area contributed by atoms with Gasteiger partial charge in [-0.25, -0.2) is 18.0 Å². The summed E-state index contributed by atoms with van der Waals surface area (Å²) in [4.78, 5) is 25.5. The first-order valence-electron chi connectivity index (χ1n) is 5.65. The zero-order chi connectivity index (χ0) is 14.9. The molecular formula is C13H10F3NO3. The summed E-state index contributed by atoms with van der Waals surface area (Å²) in [6.45, 7) is -3.20. The fourth-order valence-electron chi connectivity index (χ4n) is 2.14. The van der Waals surface area contributed by atoms with Gasteiger partial charge in [0.1, 0.15) is 25.6 Å². The number of benzene rings is 1. The second kappa shape index (κ2) is 5.36. The highest BCUT2D eigenvalue weighted by atomic mass is 19.1. The number of aromatic amines is 1. The summed E-state index contributed by atoms with van der Waals surface area (Å²) in [5.74, 6) is -1.49. The monoisotopic (exact) mass is 285 g/mol. The zero-order valence-electron chi connectivity index (χ0n) is 10.2. The second-order valence-electron chi connectivity index (χ2n) is 4.16. The Bertz CT molecular complexity index is 740. The molecule has 4 nitrogen and oxygen atoms in total. The Balaban J connectivity index is 3.01. The quantitative estimate of drug-likeness (QED) is 0.907. The first-order valence-corrected chi connectivity index (χ1v) is 5.65. The lowest BCUT2D eigenvalue weighted by Gasteiger charge is -2.11. The minimum Gasteiger partial charge on any atom is -0.477 e. The summed E-state index contributed by atoms with van der Waals surface area (Å²) in [6.07, 6.45) is 0.920. The third-order valence-corrected chi connectivity index (χ3v) is 3.09. The number of carboxylic acid groups (broad SMARTS) is 1. The second-order valence-corrected chi connectivity index (χ2v) is 4.16. The average molecular weight is 285 g/mol. The standard InChI is InChI=1S/C13H10F3NO3/c14-2-6-1-7(3-15)11-10(8(6)4-16)12(18)9(5-17-11)13(19)20/h1,5H,2-4H2,(H,17,18)(H,19,20). The number of hydrogen-bond donors (Lipinski definition) is 2. The SMILES string of the molecule is O=C(O)c1c[nH]c2c(CF)cc(CF)c(CF)c2c1=O. The van der Waals surface area contributed by atoms with E-state index in [0.717, 1.165) is 12.3 Å². The number of aromatic carboxylic acids is 1. The number of fused-ring (bicyclic) bond motifs is 1. The summed E-state index contributed by atoms with van der Waals surface area (Å²) >= 11 is 0. The maximum Gasteiger partial charge on any atom is 0.341 e. The number of H-pyrrole nitrogens is 1. The molecule has 2 N–H and O–H groups in total. The lowest BCUT2D eigenvalue weighted by atomic mass is 9.97. The van der Waals surface area contributed by atoms with Crippen LogP contribution in [0.4, 0.5) is 13.2 Å². The molecule has 0 amide bonds. The molecule has 20 heavy (non-hydrogen) atoms. The molecule has 0 spiro atoms. The Morgan fingerprint density at radius 2 is 1.80 bits per heavy atom. The van der Waals surface area contributed by atoms with Gasteiger partial charge in [0.25, 0.3) is 0 Å². The predicted molar refractivity (Wildman–Crippen MR) is 66.0 cm³/mol. The maximum absolute atomic E-state index is 13.1. The van der Waals surface area contributed by atoms with Gasteiger partial charge in [-0.1, -0.05) is 0 Å². The molecule has 1 heterocycles. The molecule has 0 saturated carbocycles. The Morgan fingerprint density at radius 3 is 2.30 bits per heavy atom. The highest BCUT2D eigenvalue weighted by molar-refractivity contribution is 5.94. The van der Waals surface area contributed by atoms with Gasteiger partial charge in [0.05, 0.1) is 10.9 Å². The molecule has 106 valence electrons. The molecule has 1 aromatic carbocycles. The normalized spacial score (nSPS) is 10.9. The predicted octanol–water partition coefficient (Wildman–Crippen LogP) is 2.63. The van der Waals surface area contributed by atoms with Gasteiger partial charge in [0.15, 0.2) is 0 Å². The fourth-order valence-corrected chi connectivity index (χ4v) is 2.14. The fraction of sp³-hybridized carbons (Fsp3) is 0.231. The van der Waals surface area contributed by atoms with Crippen LogP contribution in [0.1, 0.15) is 27.0 Å². The number of carboxylic acids is 1. The van der Waals surface area contributed by atoms with Gasteiger partial charge in [-0.15, -0.1) is 0 Å². The number of nitrogens with one attached hydrogen (secondary N) is 1. The van der Waals surface area contributed by atoms with Crippen LogP contribution in [-0.2, 0) is 20.0 Å². The number of carbonyl (C=O) groups is 1. The zero-order valence-corrected chi connectivity index (χ0v) is 10.2. The molecule has 0 radical (unpaired) electrons. The molecule has 0 aliphatic rings. The van der Waals surface area contributed by atoms with E-state index in [9.17, 15) is 22.8 Å². The minimum atomic E-state index is -1.49. The smallest absolute Gasteiger partial charge is 0.341 e. The van der Waals surface area contributed by atoms with Crippen LogP contribution in [0.3, 0.4) is 0 Å². The lowest BCUT2D eigenvalue weighted by molar-refractivity contribution is 0.0695. The average Bonchev–Trinajstić information content (AvgIpc) is 2.45. The topological polar surface area (TPSA) is 70.2 Å². The van der Waals surface area contributed by atoms with E-state index in [1.54, 1.807) is 0 Å². The van der Waals surface area contributed by atoms with Crippen molar-refractivity contribution in [1.82, 2.24) is 4.98 Å². The first kappa shape index (κ1) is 14.1. The van der Waals surface area contributed by atoms with Gasteiger partial charge in [-0.2, -0.15) is 0 Å². The highest BCUT2D eigenvalue weighted by Crippen LogP contribution is 2.25. The molecule has 0 saturated heterocycles. The van der Waals surface area contributed by atoms with E-state index in [2.05, 4.69) is 4.98 Å². The van der Waals surface area contributed by atoms with E-state index >= 15 is 0 Å². The van der Waals surface area contributed by atoms with Crippen LogP contribution in [0.5, 0.6) is 0 Å². The molecule has 2 rings (SSSR count). The number of aromatic nitrogens is 1. The van der Waals surface area contributed by atoms with Crippen molar-refractivity contribution in [3.8, 4) is 0 Å². The van der Waals surface area contributed by atoms with Gasteiger partial charge in [-0.05, 0) is 11.6 Å². The molecule has 7 heteroatoms. The van der Waals surface area contributed by atoms with E-state index in [1.165, 1.54) is 0 Å². The Labute approximate surface area is 110 Å². The van der Waals surface area contributed by atoms with Crippen LogP contribution < -0.4 is 5.43 Å². The van der Waals surface area contributed by atoms with Crippen molar-refractivity contribution >= 4 is 16.9 Å². The number of rotatable bonds is 4. The number of pyridine rings is 1. The van der Waals surface area contributed by atoms with Crippen molar-refractivity contribution in [3.63, 3.8) is 0 Å². The van der Waals surface area contributed by atoms with Gasteiger partial charge in [0.2, 0.25) is 5.43 Å². The number of alkyl halides is 3. The number of halogens is 3. The number of hydrogen-bond acceptors (Lipinski definition) is 2. The van der Waals surface area contributed by atoms with E-state index in [4.69, 9.17) is 5.11 Å². The minimum absolute atomic E-state index is 0.00708. The van der Waals surface area contributed by atoms with Crippen molar-refractivity contribution in [3.05, 3.63) is 44.7 Å². The molecule has 0 unspecified atom stereocenters. The third kappa shape index (κ3) is 2.04. The maximum atomic E-state index is 13.1. The largest absolute Gasteiger partial charge is 0.477 e. The van der Waals surface area contributed by atoms with Crippen LogP contribution >= 0.6 is 0 Å². The summed E-state index contributed by atoms with van der Waals surface area (Å²) < 4.78 is 38.9. The lowest BCUT2D eigenvalue weighted by Crippen LogP contribution is -2.18. The van der Waals surface area contributed by atoms with Crippen LogP contribution in [0, 0.1) is 0 Å². The molecule has 0 aliphatic heterocycles. The molecule has 2 aromatic rings. The van der Waals surface area contributed by atoms with E-state index in [0.29, 0.717) is 0 Å². The van der Waals surface area contributed by atoms with Crippen molar-refractivity contribution < 1.29 is 23.1 Å². The van der Waals surface area contributed by atoms with Crippen LogP contribution in [-0.4, -0.2) is 16.1 Å². The Kier molecular flexibility index (Phi) is 3.78. The summed E-state index contributed by atoms with van der Waals surface area (Å²) in [7, 11) is 0. The van der Waals surface area contributed by atoms with Crippen LogP contribution in [0.25, 0.3) is 10.9 Å². The van der Waals surface area contributed by atoms with Crippen LogP contribution in [0.2, 0.25) is 0 Å². The molecular weight excluding hydrogens is 275 g/mol. The van der Waals surface area contributed by atoms with Crippen molar-refractivity contribution in [2.24, 2.45) is 0 Å². The highest BCUT2D eigenvalue weighted by Gasteiger charge is 2.19. The van der Waals surface area contributed by atoms with Crippen LogP contribution in [0.15, 0.2) is 17.1 Å². The summed E-state index contributed by atoms with van der Waals surface area (Å²) in [5.41, 5.74) is -1.98. The molecule has 0 atom stereocenters. The summed E-state index contributed by atoms with van der Waals surface area (Å²) in [6, 6.07) is 1.13. The van der Waals surface area contributed by atoms with Crippen molar-refractivity contribution in [1.29, 1.82) is 0 Å². The van der Waals surface area contributed by atoms with E-state index in [-0.39, 0.29) is 27.6 Å². The van der Waals surface area contributed by atoms with Gasteiger partial charge in [-0.3, -0.25) is 4.79 Å². The van der Waals surface area contributed by atoms with Gasteiger partial charge >= 0.3 is 5.97 Å². The molecule has 0 aliphatic carbocycles. The molecule has 1 aromatic heterocycles.